The fraction of sp³-hybridized carbons (Fsp3) is 0.200. The number of ether oxygens (including phenoxy) is 3. The molecular formula is C20H21N5O4. The van der Waals surface area contributed by atoms with Crippen molar-refractivity contribution in [2.45, 2.75) is 13.5 Å². The summed E-state index contributed by atoms with van der Waals surface area (Å²) in [4.78, 5) is 24.3. The average molecular weight is 395 g/mol. The zero-order valence-electron chi connectivity index (χ0n) is 16.1. The molecule has 9 nitrogen and oxygen atoms in total. The Bertz CT molecular complexity index is 996. The van der Waals surface area contributed by atoms with E-state index in [0.717, 1.165) is 11.3 Å². The Hall–Kier alpha value is -3.88. The summed E-state index contributed by atoms with van der Waals surface area (Å²) < 4.78 is 15.8. The highest BCUT2D eigenvalue weighted by atomic mass is 16.6. The molecule has 0 atom stereocenters. The number of aromatic nitrogens is 3. The van der Waals surface area contributed by atoms with Crippen LogP contribution in [0.3, 0.4) is 0 Å². The Morgan fingerprint density at radius 1 is 1.03 bits per heavy atom. The van der Waals surface area contributed by atoms with E-state index in [9.17, 15) is 4.79 Å². The minimum Gasteiger partial charge on any atom is -0.493 e. The van der Waals surface area contributed by atoms with Crippen LogP contribution in [0.4, 0.5) is 17.6 Å². The quantitative estimate of drug-likeness (QED) is 0.554. The number of hydrogen-bond acceptors (Lipinski definition) is 9. The second kappa shape index (κ2) is 9.36. The van der Waals surface area contributed by atoms with Crippen LogP contribution < -0.4 is 20.5 Å². The Labute approximate surface area is 167 Å². The highest BCUT2D eigenvalue weighted by Gasteiger charge is 2.11. The maximum absolute atomic E-state index is 12.0. The van der Waals surface area contributed by atoms with Crippen LogP contribution in [0.25, 0.3) is 0 Å². The first-order valence-electron chi connectivity index (χ1n) is 8.79. The number of aryl methyl sites for hydroxylation is 1. The van der Waals surface area contributed by atoms with Crippen molar-refractivity contribution < 1.29 is 19.0 Å². The van der Waals surface area contributed by atoms with Crippen molar-refractivity contribution in [3.63, 3.8) is 0 Å². The van der Waals surface area contributed by atoms with E-state index >= 15 is 0 Å². The van der Waals surface area contributed by atoms with Gasteiger partial charge in [0.25, 0.3) is 0 Å². The number of methoxy groups -OCH3 is 1. The summed E-state index contributed by atoms with van der Waals surface area (Å²) in [5, 5.41) is 3.08. The van der Waals surface area contributed by atoms with Crippen LogP contribution in [0, 0.1) is 6.92 Å². The highest BCUT2D eigenvalue weighted by Crippen LogP contribution is 2.25. The zero-order valence-corrected chi connectivity index (χ0v) is 16.1. The smallest absolute Gasteiger partial charge is 0.344 e. The molecule has 0 bridgehead atoms. The lowest BCUT2D eigenvalue weighted by atomic mass is 10.2. The predicted octanol–water partition coefficient (Wildman–Crippen LogP) is 2.64. The third-order valence-electron chi connectivity index (χ3n) is 3.87. The molecule has 1 aromatic heterocycles. The fourth-order valence-electron chi connectivity index (χ4n) is 2.45. The van der Waals surface area contributed by atoms with Gasteiger partial charge >= 0.3 is 5.97 Å². The van der Waals surface area contributed by atoms with Gasteiger partial charge in [0.2, 0.25) is 11.9 Å². The molecule has 1 heterocycles. The normalized spacial score (nSPS) is 10.3. The fourth-order valence-corrected chi connectivity index (χ4v) is 2.45. The van der Waals surface area contributed by atoms with E-state index in [0.29, 0.717) is 11.5 Å². The van der Waals surface area contributed by atoms with E-state index in [-0.39, 0.29) is 30.9 Å². The van der Waals surface area contributed by atoms with Crippen molar-refractivity contribution in [3.05, 3.63) is 59.9 Å². The molecule has 0 spiro atoms. The summed E-state index contributed by atoms with van der Waals surface area (Å²) in [5.74, 6) is 0.900. The van der Waals surface area contributed by atoms with Crippen molar-refractivity contribution in [3.8, 4) is 11.5 Å². The zero-order chi connectivity index (χ0) is 20.6. The van der Waals surface area contributed by atoms with E-state index in [1.807, 2.05) is 31.2 Å². The van der Waals surface area contributed by atoms with Gasteiger partial charge in [0, 0.05) is 5.69 Å². The molecule has 0 aliphatic heterocycles. The predicted molar refractivity (Wildman–Crippen MR) is 107 cm³/mol. The first kappa shape index (κ1) is 19.9. The molecule has 150 valence electrons. The lowest BCUT2D eigenvalue weighted by Crippen LogP contribution is -2.16. The molecule has 0 radical (unpaired) electrons. The van der Waals surface area contributed by atoms with Gasteiger partial charge < -0.3 is 25.3 Å². The van der Waals surface area contributed by atoms with Crippen LogP contribution in [0.15, 0.2) is 48.5 Å². The Balaban J connectivity index is 1.58. The van der Waals surface area contributed by atoms with E-state index < -0.39 is 5.97 Å². The van der Waals surface area contributed by atoms with E-state index in [4.69, 9.17) is 19.9 Å². The van der Waals surface area contributed by atoms with Crippen molar-refractivity contribution in [2.75, 3.05) is 24.8 Å². The Morgan fingerprint density at radius 3 is 2.52 bits per heavy atom. The highest BCUT2D eigenvalue weighted by molar-refractivity contribution is 5.71. The van der Waals surface area contributed by atoms with Gasteiger partial charge in [0.1, 0.15) is 0 Å². The number of nitrogen functional groups attached to an aromatic ring is 1. The largest absolute Gasteiger partial charge is 0.493 e. The first-order valence-corrected chi connectivity index (χ1v) is 8.79. The number of para-hydroxylation sites is 3. The second-order valence-electron chi connectivity index (χ2n) is 5.97. The SMILES string of the molecule is COc1ccccc1OCC(=O)OCc1nc(N)nc(Nc2ccccc2C)n1. The van der Waals surface area contributed by atoms with Crippen LogP contribution >= 0.6 is 0 Å². The van der Waals surface area contributed by atoms with Gasteiger partial charge in [-0.1, -0.05) is 30.3 Å². The number of benzene rings is 2. The number of nitrogens with zero attached hydrogens (tertiary/aromatic N) is 3. The minimum atomic E-state index is -0.580. The number of rotatable bonds is 8. The van der Waals surface area contributed by atoms with Crippen LogP contribution in [-0.4, -0.2) is 34.6 Å². The van der Waals surface area contributed by atoms with Gasteiger partial charge in [-0.25, -0.2) is 4.79 Å². The number of esters is 1. The van der Waals surface area contributed by atoms with Crippen LogP contribution in [0.1, 0.15) is 11.4 Å². The van der Waals surface area contributed by atoms with Crippen molar-refractivity contribution in [1.29, 1.82) is 0 Å². The van der Waals surface area contributed by atoms with E-state index in [1.165, 1.54) is 7.11 Å². The van der Waals surface area contributed by atoms with Gasteiger partial charge in [-0.05, 0) is 30.7 Å². The minimum absolute atomic E-state index is 0.0207. The molecule has 2 aromatic carbocycles. The lowest BCUT2D eigenvalue weighted by Gasteiger charge is -2.11. The van der Waals surface area contributed by atoms with Gasteiger partial charge in [-0.15, -0.1) is 0 Å². The van der Waals surface area contributed by atoms with Gasteiger partial charge in [0.05, 0.1) is 7.11 Å². The molecule has 0 saturated carbocycles. The van der Waals surface area contributed by atoms with Crippen molar-refractivity contribution >= 4 is 23.6 Å². The molecule has 0 fully saturated rings. The third-order valence-corrected chi connectivity index (χ3v) is 3.87. The van der Waals surface area contributed by atoms with E-state index in [1.54, 1.807) is 24.3 Å². The van der Waals surface area contributed by atoms with Crippen LogP contribution in [0.5, 0.6) is 11.5 Å². The second-order valence-corrected chi connectivity index (χ2v) is 5.97. The summed E-state index contributed by atoms with van der Waals surface area (Å²) in [6.07, 6.45) is 0. The molecule has 0 aliphatic rings. The van der Waals surface area contributed by atoms with Crippen molar-refractivity contribution in [2.24, 2.45) is 0 Å². The topological polar surface area (TPSA) is 121 Å². The maximum Gasteiger partial charge on any atom is 0.344 e. The summed E-state index contributed by atoms with van der Waals surface area (Å²) in [6, 6.07) is 14.7. The van der Waals surface area contributed by atoms with Crippen molar-refractivity contribution in [1.82, 2.24) is 15.0 Å². The van der Waals surface area contributed by atoms with Crippen LogP contribution in [0.2, 0.25) is 0 Å². The molecule has 0 unspecified atom stereocenters. The maximum atomic E-state index is 12.0. The monoisotopic (exact) mass is 395 g/mol. The number of nitrogens with two attached hydrogens (primary N) is 1. The number of carbonyl (C=O) groups excluding carboxylic acids is 1. The molecule has 3 rings (SSSR count). The Kier molecular flexibility index (Phi) is 6.41. The molecule has 9 heteroatoms. The molecule has 0 saturated heterocycles. The number of hydrogen-bond donors (Lipinski definition) is 2. The molecule has 0 aliphatic carbocycles. The number of anilines is 3. The summed E-state index contributed by atoms with van der Waals surface area (Å²) in [6.45, 7) is 1.51. The molecule has 3 aromatic rings. The van der Waals surface area contributed by atoms with Gasteiger partial charge in [-0.2, -0.15) is 15.0 Å². The van der Waals surface area contributed by atoms with Crippen LogP contribution in [-0.2, 0) is 16.1 Å². The molecular weight excluding hydrogens is 374 g/mol. The number of carbonyl (C=O) groups is 1. The molecule has 0 amide bonds. The molecule has 29 heavy (non-hydrogen) atoms. The summed E-state index contributed by atoms with van der Waals surface area (Å²) >= 11 is 0. The lowest BCUT2D eigenvalue weighted by molar-refractivity contribution is -0.147. The standard InChI is InChI=1S/C20H21N5O4/c1-13-7-3-4-8-14(13)22-20-24-17(23-19(21)25-20)11-29-18(26)12-28-16-10-6-5-9-15(16)27-2/h3-10H,11-12H2,1-2H3,(H3,21,22,23,24,25). The third kappa shape index (κ3) is 5.55. The van der Waals surface area contributed by atoms with Gasteiger partial charge in [-0.3, -0.25) is 0 Å². The van der Waals surface area contributed by atoms with Gasteiger partial charge in [0.15, 0.2) is 30.5 Å². The average Bonchev–Trinajstić information content (AvgIpc) is 2.72. The number of nitrogens with one attached hydrogen (secondary N) is 1. The van der Waals surface area contributed by atoms with E-state index in [2.05, 4.69) is 20.3 Å². The summed E-state index contributed by atoms with van der Waals surface area (Å²) in [5.41, 5.74) is 7.60. The Morgan fingerprint density at radius 2 is 1.76 bits per heavy atom. The summed E-state index contributed by atoms with van der Waals surface area (Å²) in [7, 11) is 1.52. The molecule has 3 N–H and O–H groups in total. The first-order chi connectivity index (χ1) is 14.0.